The summed E-state index contributed by atoms with van der Waals surface area (Å²) in [7, 11) is 0. The van der Waals surface area contributed by atoms with Crippen molar-refractivity contribution in [1.82, 2.24) is 0 Å². The minimum atomic E-state index is -2.28. The number of carboxylic acids is 4. The number of hydrogen-bond donors (Lipinski definition) is 6. The Bertz CT molecular complexity index is 7420. The molecule has 30 atom stereocenters. The van der Waals surface area contributed by atoms with Crippen LogP contribution in [0, 0.1) is 82.9 Å². The number of carbonyl (C=O) groups excluding carboxylic acids is 5. The monoisotopic (exact) mass is 1560 g/mol. The molecular weight excluding hydrogens is 1510 g/mol. The summed E-state index contributed by atoms with van der Waals surface area (Å²) in [6.07, 6.45) is 16.0. The largest absolute Gasteiger partial charge is 0.481 e. The van der Waals surface area contributed by atoms with Crippen molar-refractivity contribution in [2.24, 2.45) is 82.9 Å². The number of carbonyl (C=O) groups is 9. The van der Waals surface area contributed by atoms with Gasteiger partial charge in [0.25, 0.3) is 32.4 Å². The molecule has 24 nitrogen and oxygen atoms in total. The SMILES string of the molecule is O=COC1=C2C=C3C4=C5C6=C7C8=C9C%10C%11=C%12C%13=C%14C%15C(=CC(C(=O)O)c%16cc%17cc(C(=O)O)c%18c%19c%17c(c%16%15)C%15(OC%15%16C9C9C%15=C%17C(=CC=C(C3OC=O)C%17C4(O)C79)C(C(=O)O)C3(C%18)OC%153C%19%16)C%14%10)C3=CC(C(=O)O)C4=CC=C7C=C9C(OC=O)=C%10C=C%14C%15=C%16C(=C6C6C%15C(=CC%14OC=O)C(OC=O)C(=C1)C61OC251)C8(O)C%11C(C%10%16)C9C%121OC71C4=C3%13. The van der Waals surface area contributed by atoms with E-state index in [1.165, 1.54) is 0 Å². The molecule has 10 fully saturated rings. The lowest BCUT2D eigenvalue weighted by Crippen LogP contribution is -2.78. The Balaban J connectivity index is 0.813. The van der Waals surface area contributed by atoms with E-state index in [0.717, 1.165) is 33.4 Å². The van der Waals surface area contributed by atoms with Gasteiger partial charge in [-0.2, -0.15) is 0 Å². The van der Waals surface area contributed by atoms with E-state index in [-0.39, 0.29) is 23.5 Å². The van der Waals surface area contributed by atoms with Crippen molar-refractivity contribution in [3.63, 3.8) is 0 Å². The minimum absolute atomic E-state index is 0.0134. The average Bonchev–Trinajstić information content (AvgIpc) is 1.35. The van der Waals surface area contributed by atoms with Crippen molar-refractivity contribution < 1.29 is 116 Å². The predicted molar refractivity (Wildman–Crippen MR) is 383 cm³/mol. The lowest BCUT2D eigenvalue weighted by atomic mass is 9.24. The number of benzene rings is 2. The van der Waals surface area contributed by atoms with Gasteiger partial charge in [0.2, 0.25) is 0 Å². The van der Waals surface area contributed by atoms with E-state index in [2.05, 4.69) is 0 Å². The number of fused-ring (bicyclic) bond motifs is 1. The molecule has 24 heteroatoms. The molecule has 6 saturated carbocycles. The lowest BCUT2D eigenvalue weighted by Gasteiger charge is -2.77. The molecule has 4 aliphatic heterocycles. The predicted octanol–water partition coefficient (Wildman–Crippen LogP) is 5.91. The summed E-state index contributed by atoms with van der Waals surface area (Å²) in [5, 5.41) is 84.6. The zero-order valence-corrected chi connectivity index (χ0v) is 60.2. The van der Waals surface area contributed by atoms with Crippen LogP contribution in [0.3, 0.4) is 0 Å². The van der Waals surface area contributed by atoms with E-state index in [0.29, 0.717) is 210 Å². The Hall–Kier alpha value is -12.0. The quantitative estimate of drug-likeness (QED) is 0.0554. The van der Waals surface area contributed by atoms with Crippen LogP contribution in [0.2, 0.25) is 0 Å². The zero-order chi connectivity index (χ0) is 77.3. The van der Waals surface area contributed by atoms with E-state index in [4.69, 9.17) is 42.6 Å². The first-order chi connectivity index (χ1) is 57.3. The Morgan fingerprint density at radius 1 is 0.542 bits per heavy atom. The van der Waals surface area contributed by atoms with Gasteiger partial charge in [0.15, 0.2) is 11.2 Å². The second kappa shape index (κ2) is 15.5. The van der Waals surface area contributed by atoms with Gasteiger partial charge in [-0.3, -0.25) is 38.4 Å². The van der Waals surface area contributed by atoms with Crippen molar-refractivity contribution >= 4 is 67.0 Å². The maximum atomic E-state index is 17.6. The third-order valence-electron chi connectivity index (χ3n) is 37.9. The van der Waals surface area contributed by atoms with Crippen LogP contribution in [-0.4, -0.2) is 156 Å². The highest BCUT2D eigenvalue weighted by atomic mass is 16.7. The molecule has 2 aromatic carbocycles. The fourth-order valence-electron chi connectivity index (χ4n) is 36.8. The van der Waals surface area contributed by atoms with Gasteiger partial charge in [0.05, 0.1) is 11.5 Å². The van der Waals surface area contributed by atoms with Crippen molar-refractivity contribution in [2.75, 3.05) is 0 Å². The van der Waals surface area contributed by atoms with Crippen molar-refractivity contribution in [1.29, 1.82) is 0 Å². The van der Waals surface area contributed by atoms with Gasteiger partial charge in [-0.1, -0.05) is 36.5 Å². The number of aliphatic hydroxyl groups is 2. The lowest BCUT2D eigenvalue weighted by molar-refractivity contribution is -0.143. The van der Waals surface area contributed by atoms with Crippen molar-refractivity contribution in [3.05, 3.63) is 297 Å². The number of aliphatic carboxylic acids is 3. The summed E-state index contributed by atoms with van der Waals surface area (Å²) in [6, 6.07) is 3.47. The van der Waals surface area contributed by atoms with Crippen LogP contribution in [0.1, 0.15) is 55.9 Å². The molecule has 2 aromatic rings. The molecule has 4 heterocycles. The summed E-state index contributed by atoms with van der Waals surface area (Å²) >= 11 is 0. The molecule has 34 aliphatic rings. The van der Waals surface area contributed by atoms with Crippen LogP contribution in [0.5, 0.6) is 0 Å². The molecule has 7 spiro atoms. The Morgan fingerprint density at radius 3 is 2.14 bits per heavy atom. The summed E-state index contributed by atoms with van der Waals surface area (Å²) in [5.41, 5.74) is 2.82. The second-order valence-corrected chi connectivity index (χ2v) is 39.1. The highest BCUT2D eigenvalue weighted by Gasteiger charge is 3.04. The van der Waals surface area contributed by atoms with Gasteiger partial charge in [0.1, 0.15) is 92.4 Å². The fraction of sp³-hybridized carbons (Fsp3) is 0.330. The van der Waals surface area contributed by atoms with Crippen LogP contribution >= 0.6 is 0 Å². The van der Waals surface area contributed by atoms with E-state index in [1.807, 2.05) is 36.4 Å². The topological polar surface area (TPSA) is 371 Å². The van der Waals surface area contributed by atoms with Gasteiger partial charge in [-0.05, 0) is 210 Å². The number of epoxide rings is 4. The standard InChI is InChI=1S/C94H46O24/c95-15-110-39-12-33-47-43-31(39)10-32-44-50(43)66-59-54-56-68-58-53-57-67(87(66,68)109)55(44)63-34(78(32)113-18-98)7-21-1-2-22-29(82(102)103)9-27-26-8-30(83(104)105)25-5-20-6-28(81(100)101)36-14-85-65(84(106)107)23-3-4-24-61-49(23)72-60(69(56)86(61,108)64-35(77(24)112-17-97)11-37-40(111-16-96)13-38(79(33)114-19-99)90(71(47)59)89(37,117-90)76(54)64)75(58)94-80(93(72,85)115-85)48(36)41(20)70-45(25)42(26)51(73(53)92(70,94)118-94)52-46(27)62(22)88(21)91(63,116-88)74(52)57/h1-13,15-19,29-30,39,42,44,47,53,55,60-61,63,65,67,69,71,73,75,77,79-80,108-109H,14H2,(H,100,101)(H,102,103)(H,104,105)(H,106,107). The highest BCUT2D eigenvalue weighted by Crippen LogP contribution is 3.00. The fourth-order valence-corrected chi connectivity index (χ4v) is 36.8. The van der Waals surface area contributed by atoms with E-state index in [9.17, 15) is 54.0 Å². The van der Waals surface area contributed by atoms with Crippen LogP contribution in [0.15, 0.2) is 263 Å². The smallest absolute Gasteiger partial charge is 0.335 e. The Labute approximate surface area is 658 Å². The number of carboxylic acid groups (broad SMARTS) is 4. The summed E-state index contributed by atoms with van der Waals surface area (Å²) < 4.78 is 66.3. The molecule has 0 amide bonds. The first kappa shape index (κ1) is 58.8. The van der Waals surface area contributed by atoms with Crippen molar-refractivity contribution in [3.8, 4) is 0 Å². The summed E-state index contributed by atoms with van der Waals surface area (Å²) in [6.45, 7) is 1.77. The molecule has 0 aromatic heterocycles. The van der Waals surface area contributed by atoms with Gasteiger partial charge in [0, 0.05) is 128 Å². The number of aromatic carboxylic acids is 1. The van der Waals surface area contributed by atoms with Crippen molar-refractivity contribution in [2.45, 2.75) is 98.5 Å². The second-order valence-electron chi connectivity index (χ2n) is 39.1. The molecule has 566 valence electrons. The zero-order valence-electron chi connectivity index (χ0n) is 60.2. The minimum Gasteiger partial charge on any atom is -0.481 e. The Kier molecular flexibility index (Phi) is 7.70. The number of hydrogen-bond acceptors (Lipinski definition) is 20. The van der Waals surface area contributed by atoms with E-state index < -0.39 is 199 Å². The third-order valence-corrected chi connectivity index (χ3v) is 37.9. The molecule has 4 saturated heterocycles. The molecule has 30 aliphatic carbocycles. The molecule has 0 bridgehead atoms. The molecule has 118 heavy (non-hydrogen) atoms. The first-order valence-electron chi connectivity index (χ1n) is 40.8. The van der Waals surface area contributed by atoms with Crippen LogP contribution < -0.4 is 0 Å². The summed E-state index contributed by atoms with van der Waals surface area (Å²) in [5.74, 6) is -22.3. The number of ether oxygens (including phenoxy) is 9. The van der Waals surface area contributed by atoms with E-state index >= 15 is 19.8 Å². The van der Waals surface area contributed by atoms with Gasteiger partial charge >= 0.3 is 23.9 Å². The summed E-state index contributed by atoms with van der Waals surface area (Å²) in [4.78, 5) is 130. The number of allylic oxidation sites excluding steroid dienone is 11. The van der Waals surface area contributed by atoms with Crippen LogP contribution in [0.4, 0.5) is 0 Å². The van der Waals surface area contributed by atoms with Gasteiger partial charge in [-0.15, -0.1) is 0 Å². The van der Waals surface area contributed by atoms with Gasteiger partial charge < -0.3 is 73.3 Å². The third kappa shape index (κ3) is 4.27. The highest BCUT2D eigenvalue weighted by molar-refractivity contribution is 6.09. The molecular formula is C94H46O24. The van der Waals surface area contributed by atoms with Crippen LogP contribution in [-0.2, 0) is 93.0 Å². The Morgan fingerprint density at radius 2 is 1.35 bits per heavy atom. The molecule has 0 radical (unpaired) electrons. The first-order valence-corrected chi connectivity index (χ1v) is 40.8. The van der Waals surface area contributed by atoms with E-state index in [1.54, 1.807) is 42.5 Å². The van der Waals surface area contributed by atoms with Crippen LogP contribution in [0.25, 0.3) is 10.8 Å². The number of rotatable bonds is 14. The maximum absolute atomic E-state index is 17.6. The maximum Gasteiger partial charge on any atom is 0.335 e. The normalized spacial score (nSPS) is 50.1. The molecule has 6 N–H and O–H groups in total. The average molecular weight is 1560 g/mol. The molecule has 30 unspecified atom stereocenters. The van der Waals surface area contributed by atoms with Gasteiger partial charge in [-0.25, -0.2) is 4.79 Å². The molecule has 36 rings (SSSR count).